The summed E-state index contributed by atoms with van der Waals surface area (Å²) in [6.45, 7) is 5.36. The highest BCUT2D eigenvalue weighted by Crippen LogP contribution is 2.31. The molecule has 11 heavy (non-hydrogen) atoms. The maximum Gasteiger partial charge on any atom is 0.148 e. The number of carbonyl (C=O) groups excluding carboxylic acids is 2. The van der Waals surface area contributed by atoms with Crippen LogP contribution >= 0.6 is 0 Å². The van der Waals surface area contributed by atoms with Crippen LogP contribution in [0.5, 0.6) is 0 Å². The van der Waals surface area contributed by atoms with Crippen LogP contribution in [0, 0.1) is 11.3 Å². The quantitative estimate of drug-likeness (QED) is 0.496. The second-order valence-corrected chi connectivity index (χ2v) is 3.85. The normalized spacial score (nSPS) is 30.6. The van der Waals surface area contributed by atoms with Crippen LogP contribution in [0.2, 0.25) is 0 Å². The van der Waals surface area contributed by atoms with Crippen molar-refractivity contribution in [1.29, 1.82) is 0 Å². The van der Waals surface area contributed by atoms with E-state index >= 15 is 0 Å². The molecule has 1 atom stereocenters. The Morgan fingerprint density at radius 3 is 2.36 bits per heavy atom. The molecule has 0 spiro atoms. The first-order valence-corrected chi connectivity index (χ1v) is 4.04. The number of ketones is 2. The number of Topliss-reactive ketones (excluding diaryl/α,β-unsaturated/α-hetero) is 2. The van der Waals surface area contributed by atoms with E-state index in [2.05, 4.69) is 0 Å². The van der Waals surface area contributed by atoms with Gasteiger partial charge in [-0.2, -0.15) is 0 Å². The minimum atomic E-state index is -0.711. The molecule has 1 unspecified atom stereocenters. The topological polar surface area (TPSA) is 34.1 Å². The van der Waals surface area contributed by atoms with E-state index in [1.807, 2.05) is 6.92 Å². The van der Waals surface area contributed by atoms with E-state index in [-0.39, 0.29) is 17.5 Å². The predicted molar refractivity (Wildman–Crippen MR) is 42.2 cm³/mol. The van der Waals surface area contributed by atoms with Gasteiger partial charge in [-0.3, -0.25) is 9.59 Å². The zero-order valence-electron chi connectivity index (χ0n) is 7.31. The highest BCUT2D eigenvalue weighted by atomic mass is 16.2. The summed E-state index contributed by atoms with van der Waals surface area (Å²) in [5.74, 6) is 0.275. The van der Waals surface area contributed by atoms with Crippen LogP contribution in [0.25, 0.3) is 0 Å². The molecule has 0 aromatic rings. The van der Waals surface area contributed by atoms with E-state index in [1.54, 1.807) is 13.8 Å². The van der Waals surface area contributed by atoms with E-state index in [1.165, 1.54) is 0 Å². The second-order valence-electron chi connectivity index (χ2n) is 3.85. The van der Waals surface area contributed by atoms with Crippen LogP contribution in [0.15, 0.2) is 0 Å². The average molecular weight is 154 g/mol. The van der Waals surface area contributed by atoms with Gasteiger partial charge in [-0.05, 0) is 20.3 Å². The minimum absolute atomic E-state index is 0.0719. The number of rotatable bonds is 0. The fraction of sp³-hybridized carbons (Fsp3) is 0.778. The fourth-order valence-corrected chi connectivity index (χ4v) is 1.54. The Morgan fingerprint density at radius 2 is 1.91 bits per heavy atom. The lowest BCUT2D eigenvalue weighted by atomic mass is 9.71. The molecule has 0 aromatic heterocycles. The second kappa shape index (κ2) is 2.43. The van der Waals surface area contributed by atoms with Gasteiger partial charge in [-0.15, -0.1) is 0 Å². The molecule has 2 nitrogen and oxygen atoms in total. The molecule has 1 rings (SSSR count). The molecule has 0 heterocycles. The molecular weight excluding hydrogens is 140 g/mol. The third-order valence-corrected chi connectivity index (χ3v) is 2.57. The summed E-state index contributed by atoms with van der Waals surface area (Å²) in [6, 6.07) is 0. The predicted octanol–water partition coefficient (Wildman–Crippen LogP) is 1.58. The molecular formula is C9H14O2. The lowest BCUT2D eigenvalue weighted by Gasteiger charge is -2.30. The largest absolute Gasteiger partial charge is 0.299 e. The minimum Gasteiger partial charge on any atom is -0.299 e. The van der Waals surface area contributed by atoms with Crippen molar-refractivity contribution in [2.24, 2.45) is 11.3 Å². The first-order valence-electron chi connectivity index (χ1n) is 4.04. The van der Waals surface area contributed by atoms with Gasteiger partial charge in [0.15, 0.2) is 0 Å². The van der Waals surface area contributed by atoms with E-state index in [0.717, 1.165) is 6.42 Å². The molecule has 62 valence electrons. The SMILES string of the molecule is CC1CCC(=O)C(C)(C)C1=O. The summed E-state index contributed by atoms with van der Waals surface area (Å²) in [5.41, 5.74) is -0.711. The van der Waals surface area contributed by atoms with Crippen molar-refractivity contribution >= 4 is 11.6 Å². The summed E-state index contributed by atoms with van der Waals surface area (Å²) < 4.78 is 0. The van der Waals surface area contributed by atoms with Crippen LogP contribution in [-0.4, -0.2) is 11.6 Å². The Labute approximate surface area is 67.0 Å². The molecule has 0 aliphatic heterocycles. The summed E-state index contributed by atoms with van der Waals surface area (Å²) in [7, 11) is 0. The van der Waals surface area contributed by atoms with E-state index in [9.17, 15) is 9.59 Å². The van der Waals surface area contributed by atoms with Crippen LogP contribution in [0.4, 0.5) is 0 Å². The third kappa shape index (κ3) is 1.22. The molecule has 2 heteroatoms. The van der Waals surface area contributed by atoms with Gasteiger partial charge in [0.05, 0.1) is 5.41 Å². The van der Waals surface area contributed by atoms with E-state index in [0.29, 0.717) is 6.42 Å². The van der Waals surface area contributed by atoms with Crippen molar-refractivity contribution < 1.29 is 9.59 Å². The first kappa shape index (κ1) is 8.44. The highest BCUT2D eigenvalue weighted by Gasteiger charge is 2.41. The highest BCUT2D eigenvalue weighted by molar-refractivity contribution is 6.08. The average Bonchev–Trinajstić information content (AvgIpc) is 1.95. The van der Waals surface area contributed by atoms with Crippen LogP contribution < -0.4 is 0 Å². The Bertz CT molecular complexity index is 204. The van der Waals surface area contributed by atoms with Gasteiger partial charge in [0.25, 0.3) is 0 Å². The molecule has 0 aromatic carbocycles. The lowest BCUT2D eigenvalue weighted by molar-refractivity contribution is -0.144. The molecule has 1 saturated carbocycles. The number of carbonyl (C=O) groups is 2. The van der Waals surface area contributed by atoms with Crippen molar-refractivity contribution in [3.05, 3.63) is 0 Å². The maximum absolute atomic E-state index is 11.4. The number of hydrogen-bond acceptors (Lipinski definition) is 2. The molecule has 0 radical (unpaired) electrons. The summed E-state index contributed by atoms with van der Waals surface area (Å²) >= 11 is 0. The van der Waals surface area contributed by atoms with Gasteiger partial charge in [0, 0.05) is 12.3 Å². The van der Waals surface area contributed by atoms with Gasteiger partial charge >= 0.3 is 0 Å². The fourth-order valence-electron chi connectivity index (χ4n) is 1.54. The van der Waals surface area contributed by atoms with Crippen LogP contribution in [0.3, 0.4) is 0 Å². The van der Waals surface area contributed by atoms with Crippen molar-refractivity contribution in [3.8, 4) is 0 Å². The van der Waals surface area contributed by atoms with E-state index < -0.39 is 5.41 Å². The standard InChI is InChI=1S/C9H14O2/c1-6-4-5-7(10)9(2,3)8(6)11/h6H,4-5H2,1-3H3. The Balaban J connectivity index is 2.90. The lowest BCUT2D eigenvalue weighted by Crippen LogP contribution is -2.41. The Morgan fingerprint density at radius 1 is 1.36 bits per heavy atom. The van der Waals surface area contributed by atoms with Crippen molar-refractivity contribution in [3.63, 3.8) is 0 Å². The first-order chi connectivity index (χ1) is 4.96. The summed E-state index contributed by atoms with van der Waals surface area (Å²) in [5, 5.41) is 0. The van der Waals surface area contributed by atoms with Crippen molar-refractivity contribution in [2.45, 2.75) is 33.6 Å². The maximum atomic E-state index is 11.4. The Hall–Kier alpha value is -0.660. The van der Waals surface area contributed by atoms with Gasteiger partial charge in [-0.1, -0.05) is 6.92 Å². The molecule has 1 aliphatic rings. The molecule has 0 saturated heterocycles. The van der Waals surface area contributed by atoms with Crippen LogP contribution in [0.1, 0.15) is 33.6 Å². The molecule has 0 N–H and O–H groups in total. The van der Waals surface area contributed by atoms with Gasteiger partial charge in [0.1, 0.15) is 11.6 Å². The smallest absolute Gasteiger partial charge is 0.148 e. The summed E-state index contributed by atoms with van der Waals surface area (Å²) in [4.78, 5) is 22.7. The van der Waals surface area contributed by atoms with E-state index in [4.69, 9.17) is 0 Å². The molecule has 1 fully saturated rings. The third-order valence-electron chi connectivity index (χ3n) is 2.57. The summed E-state index contributed by atoms with van der Waals surface area (Å²) in [6.07, 6.45) is 1.31. The molecule has 0 bridgehead atoms. The molecule has 1 aliphatic carbocycles. The molecule has 0 amide bonds. The van der Waals surface area contributed by atoms with Crippen molar-refractivity contribution in [1.82, 2.24) is 0 Å². The monoisotopic (exact) mass is 154 g/mol. The Kier molecular flexibility index (Phi) is 1.87. The zero-order valence-corrected chi connectivity index (χ0v) is 7.31. The zero-order chi connectivity index (χ0) is 8.65. The van der Waals surface area contributed by atoms with Crippen molar-refractivity contribution in [2.75, 3.05) is 0 Å². The van der Waals surface area contributed by atoms with Crippen LogP contribution in [-0.2, 0) is 9.59 Å². The van der Waals surface area contributed by atoms with Gasteiger partial charge in [0.2, 0.25) is 0 Å². The number of hydrogen-bond donors (Lipinski definition) is 0. The van der Waals surface area contributed by atoms with Gasteiger partial charge < -0.3 is 0 Å². The van der Waals surface area contributed by atoms with Gasteiger partial charge in [-0.25, -0.2) is 0 Å².